The Morgan fingerprint density at radius 2 is 1.65 bits per heavy atom. The lowest BCUT2D eigenvalue weighted by molar-refractivity contribution is -0.123. The smallest absolute Gasteiger partial charge is 0.271 e. The molecule has 34 heavy (non-hydrogen) atoms. The van der Waals surface area contributed by atoms with E-state index in [0.29, 0.717) is 39.8 Å². The zero-order chi connectivity index (χ0) is 23.5. The first kappa shape index (κ1) is 22.5. The Bertz CT molecular complexity index is 1400. The third-order valence-electron chi connectivity index (χ3n) is 5.63. The van der Waals surface area contributed by atoms with E-state index >= 15 is 0 Å². The topological polar surface area (TPSA) is 88.6 Å². The first-order valence-corrected chi connectivity index (χ1v) is 13.2. The number of nitrogens with zero attached hydrogens (tertiary/aromatic N) is 2. The monoisotopic (exact) mass is 493 g/mol. The molecule has 1 atom stereocenters. The van der Waals surface area contributed by atoms with Gasteiger partial charge in [0.05, 0.1) is 15.1 Å². The minimum Gasteiger partial charge on any atom is -0.476 e. The van der Waals surface area contributed by atoms with Gasteiger partial charge in [-0.3, -0.25) is 10.1 Å². The van der Waals surface area contributed by atoms with Gasteiger partial charge in [0, 0.05) is 18.7 Å². The highest BCUT2D eigenvalue weighted by Crippen LogP contribution is 2.31. The summed E-state index contributed by atoms with van der Waals surface area (Å²) in [6.45, 7) is 1.10. The molecule has 1 aliphatic rings. The molecule has 0 bridgehead atoms. The fraction of sp³-hybridized carbons (Fsp3) is 0.200. The van der Waals surface area contributed by atoms with Crippen LogP contribution >= 0.6 is 11.3 Å². The van der Waals surface area contributed by atoms with E-state index in [0.717, 1.165) is 12.8 Å². The van der Waals surface area contributed by atoms with Crippen LogP contribution in [0, 0.1) is 0 Å². The largest absolute Gasteiger partial charge is 0.476 e. The van der Waals surface area contributed by atoms with Crippen molar-refractivity contribution in [3.8, 4) is 5.75 Å². The Morgan fingerprint density at radius 1 is 0.971 bits per heavy atom. The van der Waals surface area contributed by atoms with Gasteiger partial charge >= 0.3 is 0 Å². The normalized spacial score (nSPS) is 15.3. The lowest BCUT2D eigenvalue weighted by Gasteiger charge is -2.18. The fourth-order valence-corrected chi connectivity index (χ4v) is 6.43. The van der Waals surface area contributed by atoms with E-state index in [2.05, 4.69) is 10.3 Å². The van der Waals surface area contributed by atoms with Gasteiger partial charge in [-0.15, -0.1) is 0 Å². The molecule has 5 rings (SSSR count). The Kier molecular flexibility index (Phi) is 6.32. The van der Waals surface area contributed by atoms with Crippen LogP contribution in [0.25, 0.3) is 10.2 Å². The second-order valence-electron chi connectivity index (χ2n) is 7.97. The number of anilines is 1. The van der Waals surface area contributed by atoms with Gasteiger partial charge in [-0.25, -0.2) is 13.4 Å². The number of carbonyl (C=O) groups excluding carboxylic acids is 1. The molecule has 4 aromatic rings. The zero-order valence-corrected chi connectivity index (χ0v) is 19.9. The highest BCUT2D eigenvalue weighted by molar-refractivity contribution is 7.89. The van der Waals surface area contributed by atoms with Gasteiger partial charge in [-0.2, -0.15) is 4.31 Å². The number of hydrogen-bond donors (Lipinski definition) is 1. The molecule has 0 saturated carbocycles. The number of hydrogen-bond acceptors (Lipinski definition) is 6. The molecule has 174 valence electrons. The highest BCUT2D eigenvalue weighted by Gasteiger charge is 2.28. The summed E-state index contributed by atoms with van der Waals surface area (Å²) in [7, 11) is -3.52. The predicted molar refractivity (Wildman–Crippen MR) is 132 cm³/mol. The summed E-state index contributed by atoms with van der Waals surface area (Å²) in [4.78, 5) is 17.9. The van der Waals surface area contributed by atoms with Crippen LogP contribution in [0.2, 0.25) is 0 Å². The maximum absolute atomic E-state index is 13.2. The third kappa shape index (κ3) is 4.68. The average molecular weight is 494 g/mol. The maximum Gasteiger partial charge on any atom is 0.271 e. The molecule has 1 fully saturated rings. The van der Waals surface area contributed by atoms with E-state index in [1.807, 2.05) is 48.5 Å². The van der Waals surface area contributed by atoms with Crippen molar-refractivity contribution in [1.29, 1.82) is 0 Å². The van der Waals surface area contributed by atoms with Gasteiger partial charge in [-0.1, -0.05) is 59.9 Å². The minimum atomic E-state index is -3.52. The third-order valence-corrected chi connectivity index (χ3v) is 8.46. The Hall–Kier alpha value is -3.27. The number of carbonyl (C=O) groups is 1. The Labute approximate surface area is 202 Å². The maximum atomic E-state index is 13.2. The van der Waals surface area contributed by atoms with Crippen molar-refractivity contribution >= 4 is 42.6 Å². The molecule has 1 unspecified atom stereocenters. The van der Waals surface area contributed by atoms with E-state index in [4.69, 9.17) is 4.74 Å². The van der Waals surface area contributed by atoms with Crippen molar-refractivity contribution in [2.75, 3.05) is 18.4 Å². The van der Waals surface area contributed by atoms with E-state index < -0.39 is 16.1 Å². The van der Waals surface area contributed by atoms with Crippen LogP contribution in [0.4, 0.5) is 5.13 Å². The SMILES string of the molecule is O=C(Nc1nc2ccc(S(=O)(=O)N3CCCC3)cc2s1)C(Oc1ccccc1)c1ccccc1. The molecule has 1 N–H and O–H groups in total. The van der Waals surface area contributed by atoms with Gasteiger partial charge < -0.3 is 4.74 Å². The second kappa shape index (κ2) is 9.54. The van der Waals surface area contributed by atoms with E-state index in [-0.39, 0.29) is 10.8 Å². The molecule has 1 saturated heterocycles. The summed E-state index contributed by atoms with van der Waals surface area (Å²) in [5.41, 5.74) is 1.34. The van der Waals surface area contributed by atoms with Crippen LogP contribution in [-0.2, 0) is 14.8 Å². The summed E-state index contributed by atoms with van der Waals surface area (Å²) in [5, 5.41) is 3.23. The average Bonchev–Trinajstić information content (AvgIpc) is 3.53. The number of amides is 1. The number of aromatic nitrogens is 1. The van der Waals surface area contributed by atoms with Crippen molar-refractivity contribution in [3.05, 3.63) is 84.4 Å². The van der Waals surface area contributed by atoms with Gasteiger partial charge in [0.15, 0.2) is 5.13 Å². The van der Waals surface area contributed by atoms with E-state index in [9.17, 15) is 13.2 Å². The number of fused-ring (bicyclic) bond motifs is 1. The summed E-state index contributed by atoms with van der Waals surface area (Å²) in [5.74, 6) is 0.214. The first-order chi connectivity index (χ1) is 16.5. The fourth-order valence-electron chi connectivity index (χ4n) is 3.90. The molecule has 1 aliphatic heterocycles. The highest BCUT2D eigenvalue weighted by atomic mass is 32.2. The quantitative estimate of drug-likeness (QED) is 0.398. The molecule has 0 spiro atoms. The molecule has 9 heteroatoms. The Balaban J connectivity index is 1.40. The van der Waals surface area contributed by atoms with E-state index in [1.165, 1.54) is 15.6 Å². The van der Waals surface area contributed by atoms with Crippen LogP contribution in [0.1, 0.15) is 24.5 Å². The van der Waals surface area contributed by atoms with Crippen molar-refractivity contribution in [2.45, 2.75) is 23.8 Å². The molecular weight excluding hydrogens is 470 g/mol. The van der Waals surface area contributed by atoms with Crippen molar-refractivity contribution < 1.29 is 17.9 Å². The van der Waals surface area contributed by atoms with Crippen LogP contribution in [0.15, 0.2) is 83.8 Å². The minimum absolute atomic E-state index is 0.248. The van der Waals surface area contributed by atoms with Crippen LogP contribution in [0.5, 0.6) is 5.75 Å². The van der Waals surface area contributed by atoms with Crippen LogP contribution in [0.3, 0.4) is 0 Å². The lowest BCUT2D eigenvalue weighted by Crippen LogP contribution is -2.27. The van der Waals surface area contributed by atoms with Gasteiger partial charge in [0.2, 0.25) is 16.1 Å². The van der Waals surface area contributed by atoms with Crippen LogP contribution < -0.4 is 10.1 Å². The summed E-state index contributed by atoms with van der Waals surface area (Å²) < 4.78 is 34.0. The molecule has 0 aliphatic carbocycles. The van der Waals surface area contributed by atoms with Crippen molar-refractivity contribution in [3.63, 3.8) is 0 Å². The summed E-state index contributed by atoms with van der Waals surface area (Å²) in [6, 6.07) is 23.3. The molecule has 0 radical (unpaired) electrons. The molecular formula is C25H23N3O4S2. The van der Waals surface area contributed by atoms with E-state index in [1.54, 1.807) is 30.3 Å². The predicted octanol–water partition coefficient (Wildman–Crippen LogP) is 4.84. The summed E-state index contributed by atoms with van der Waals surface area (Å²) in [6.07, 6.45) is 0.888. The van der Waals surface area contributed by atoms with Gasteiger partial charge in [0.1, 0.15) is 5.75 Å². The summed E-state index contributed by atoms with van der Waals surface area (Å²) >= 11 is 1.24. The van der Waals surface area contributed by atoms with Gasteiger partial charge in [-0.05, 0) is 43.2 Å². The molecule has 3 aromatic carbocycles. The van der Waals surface area contributed by atoms with Crippen molar-refractivity contribution in [2.24, 2.45) is 0 Å². The molecule has 2 heterocycles. The molecule has 1 aromatic heterocycles. The number of sulfonamides is 1. The number of nitrogens with one attached hydrogen (secondary N) is 1. The number of thiazole rings is 1. The Morgan fingerprint density at radius 3 is 2.35 bits per heavy atom. The number of para-hydroxylation sites is 1. The number of benzene rings is 3. The van der Waals surface area contributed by atoms with Gasteiger partial charge in [0.25, 0.3) is 5.91 Å². The standard InChI is InChI=1S/C25H23N3O4S2/c29-24(23(18-9-3-1-4-10-18)32-19-11-5-2-6-12-19)27-25-26-21-14-13-20(17-22(21)33-25)34(30,31)28-15-7-8-16-28/h1-6,9-14,17,23H,7-8,15-16H2,(H,26,27,29). The molecule has 1 amide bonds. The molecule has 7 nitrogen and oxygen atoms in total. The number of ether oxygens (including phenoxy) is 1. The van der Waals surface area contributed by atoms with Crippen molar-refractivity contribution in [1.82, 2.24) is 9.29 Å². The van der Waals surface area contributed by atoms with Crippen LogP contribution in [-0.4, -0.2) is 36.7 Å². The zero-order valence-electron chi connectivity index (χ0n) is 18.3. The second-order valence-corrected chi connectivity index (χ2v) is 10.9. The first-order valence-electron chi connectivity index (χ1n) is 11.0. The number of rotatable bonds is 7. The lowest BCUT2D eigenvalue weighted by atomic mass is 10.1.